The van der Waals surface area contributed by atoms with E-state index in [9.17, 15) is 19.5 Å². The maximum atomic E-state index is 12.2. The molecule has 0 saturated carbocycles. The Balaban J connectivity index is 0.00000216. The van der Waals surface area contributed by atoms with Crippen molar-refractivity contribution in [3.63, 3.8) is 0 Å². The van der Waals surface area contributed by atoms with Gasteiger partial charge in [-0.05, 0) is 12.1 Å². The lowest BCUT2D eigenvalue weighted by atomic mass is 10.2. The maximum absolute atomic E-state index is 12.2. The average molecular weight is 548 g/mol. The molecular weight excluding hydrogens is 521 g/mol. The molecule has 12 nitrogen and oxygen atoms in total. The van der Waals surface area contributed by atoms with Crippen molar-refractivity contribution < 1.29 is 19.0 Å². The molecule has 0 radical (unpaired) electrons. The average Bonchev–Trinajstić information content (AvgIpc) is 2.84. The first-order valence-electron chi connectivity index (χ1n) is 10.5. The molecule has 35 heavy (non-hydrogen) atoms. The van der Waals surface area contributed by atoms with E-state index < -0.39 is 22.1 Å². The van der Waals surface area contributed by atoms with Crippen molar-refractivity contribution >= 4 is 70.9 Å². The van der Waals surface area contributed by atoms with E-state index >= 15 is 0 Å². The van der Waals surface area contributed by atoms with E-state index in [1.807, 2.05) is 4.90 Å². The van der Waals surface area contributed by atoms with Crippen LogP contribution in [0.1, 0.15) is 10.4 Å². The van der Waals surface area contributed by atoms with Crippen LogP contribution in [0, 0.1) is 10.1 Å². The van der Waals surface area contributed by atoms with Gasteiger partial charge in [0.2, 0.25) is 17.6 Å². The molecule has 2 aliphatic rings. The number of anilines is 4. The van der Waals surface area contributed by atoms with Crippen molar-refractivity contribution in [1.82, 2.24) is 15.3 Å². The first-order valence-corrected chi connectivity index (χ1v) is 12.0. The number of aromatic nitrogens is 2. The minimum absolute atomic E-state index is 0. The fourth-order valence-electron chi connectivity index (χ4n) is 3.77. The molecule has 192 valence electrons. The van der Waals surface area contributed by atoms with Crippen molar-refractivity contribution in [2.45, 2.75) is 0 Å². The van der Waals surface area contributed by atoms with Gasteiger partial charge in [-0.3, -0.25) is 10.1 Å². The van der Waals surface area contributed by atoms with Gasteiger partial charge in [0.1, 0.15) is 11.5 Å². The summed E-state index contributed by atoms with van der Waals surface area (Å²) < 4.78 is 16.7. The molecule has 2 fully saturated rings. The molecule has 2 aromatic rings. The number of piperazine rings is 1. The molecule has 0 aliphatic carbocycles. The van der Waals surface area contributed by atoms with Crippen LogP contribution in [0.2, 0.25) is 0 Å². The second kappa shape index (κ2) is 12.9. The number of para-hydroxylation sites is 1. The van der Waals surface area contributed by atoms with Gasteiger partial charge in [0.15, 0.2) is 0 Å². The van der Waals surface area contributed by atoms with Crippen molar-refractivity contribution in [3.8, 4) is 0 Å². The van der Waals surface area contributed by atoms with Crippen molar-refractivity contribution in [2.75, 3.05) is 73.0 Å². The number of halogens is 2. The summed E-state index contributed by atoms with van der Waals surface area (Å²) in [5, 5.41) is 18.4. The molecule has 0 bridgehead atoms. The van der Waals surface area contributed by atoms with E-state index in [1.54, 1.807) is 29.2 Å². The summed E-state index contributed by atoms with van der Waals surface area (Å²) in [5.41, 5.74) is 0.274. The third-order valence-corrected chi connectivity index (χ3v) is 6.77. The van der Waals surface area contributed by atoms with Crippen molar-refractivity contribution in [3.05, 3.63) is 39.9 Å². The molecule has 15 heteroatoms. The van der Waals surface area contributed by atoms with E-state index in [-0.39, 0.29) is 47.7 Å². The van der Waals surface area contributed by atoms with E-state index in [4.69, 9.17) is 4.74 Å². The van der Waals surface area contributed by atoms with Gasteiger partial charge in [-0.15, -0.1) is 24.8 Å². The highest BCUT2D eigenvalue weighted by Crippen LogP contribution is 2.37. The number of carbonyl (C=O) groups is 1. The topological polar surface area (TPSA) is 149 Å². The van der Waals surface area contributed by atoms with Crippen LogP contribution in [-0.2, 0) is 15.9 Å². The van der Waals surface area contributed by atoms with Crippen LogP contribution in [0.3, 0.4) is 0 Å². The Hall–Kier alpha value is -2.58. The largest absolute Gasteiger partial charge is 0.616 e. The normalized spacial score (nSPS) is 16.1. The highest BCUT2D eigenvalue weighted by molar-refractivity contribution is 7.91. The van der Waals surface area contributed by atoms with Gasteiger partial charge in [-0.2, -0.15) is 9.97 Å². The maximum Gasteiger partial charge on any atom is 0.353 e. The van der Waals surface area contributed by atoms with Crippen LogP contribution >= 0.6 is 24.8 Å². The lowest BCUT2D eigenvalue weighted by molar-refractivity contribution is -0.383. The van der Waals surface area contributed by atoms with Gasteiger partial charge in [0.05, 0.1) is 36.4 Å². The molecule has 2 aliphatic heterocycles. The lowest BCUT2D eigenvalue weighted by Gasteiger charge is -2.31. The first-order chi connectivity index (χ1) is 16.0. The molecule has 1 aromatic heterocycles. The van der Waals surface area contributed by atoms with E-state index in [0.717, 1.165) is 13.1 Å². The standard InChI is InChI=1S/C20H25N7O5S.2ClH/c1-32-19(28)14-4-2-3-5-15(14)22-17-16(27(29)30)18(25-10-12-33(31)13-11-25)24-20(23-17)26-8-6-21-7-9-26;;/h2-5,21H,6-13H2,1H3,(H,22,23,24);2*1H. The number of ether oxygens (including phenoxy) is 1. The molecule has 3 heterocycles. The Kier molecular flexibility index (Phi) is 10.6. The minimum atomic E-state index is -0.949. The predicted molar refractivity (Wildman–Crippen MR) is 139 cm³/mol. The summed E-state index contributed by atoms with van der Waals surface area (Å²) >= 11 is -0.949. The van der Waals surface area contributed by atoms with E-state index in [0.29, 0.717) is 49.3 Å². The number of methoxy groups -OCH3 is 1. The third kappa shape index (κ3) is 6.55. The van der Waals surface area contributed by atoms with E-state index in [1.165, 1.54) is 7.11 Å². The van der Waals surface area contributed by atoms with Gasteiger partial charge in [-0.25, -0.2) is 4.79 Å². The quantitative estimate of drug-likeness (QED) is 0.235. The fraction of sp³-hybridized carbons (Fsp3) is 0.450. The highest BCUT2D eigenvalue weighted by atomic mass is 35.5. The Morgan fingerprint density at radius 3 is 2.40 bits per heavy atom. The van der Waals surface area contributed by atoms with Crippen LogP contribution in [0.5, 0.6) is 0 Å². The number of rotatable bonds is 6. The van der Waals surface area contributed by atoms with Gasteiger partial charge in [-0.1, -0.05) is 23.3 Å². The fourth-order valence-corrected chi connectivity index (χ4v) is 4.82. The summed E-state index contributed by atoms with van der Waals surface area (Å²) in [7, 11) is 1.27. The molecule has 2 saturated heterocycles. The van der Waals surface area contributed by atoms with E-state index in [2.05, 4.69) is 20.6 Å². The number of nitrogens with one attached hydrogen (secondary N) is 2. The Bertz CT molecular complexity index is 1040. The number of hydrogen-bond acceptors (Lipinski definition) is 11. The molecule has 0 amide bonds. The second-order valence-corrected chi connectivity index (χ2v) is 9.23. The van der Waals surface area contributed by atoms with Gasteiger partial charge in [0, 0.05) is 26.2 Å². The molecule has 1 aromatic carbocycles. The number of nitro groups is 1. The van der Waals surface area contributed by atoms with Gasteiger partial charge >= 0.3 is 11.7 Å². The van der Waals surface area contributed by atoms with Crippen LogP contribution in [0.25, 0.3) is 0 Å². The SMILES string of the molecule is COC(=O)c1ccccc1Nc1nc(N2CCNCC2)nc(N2CC[S+]([O-])CC2)c1[N+](=O)[O-].Cl.Cl. The summed E-state index contributed by atoms with van der Waals surface area (Å²) in [6.07, 6.45) is 0. The predicted octanol–water partition coefficient (Wildman–Crippen LogP) is 1.74. The van der Waals surface area contributed by atoms with Crippen LogP contribution in [0.4, 0.5) is 29.0 Å². The number of benzene rings is 1. The number of esters is 1. The molecule has 0 unspecified atom stereocenters. The summed E-state index contributed by atoms with van der Waals surface area (Å²) in [6, 6.07) is 6.59. The zero-order valence-electron chi connectivity index (χ0n) is 19.0. The molecular formula is C20H27Cl2N7O5S. The zero-order chi connectivity index (χ0) is 23.4. The van der Waals surface area contributed by atoms with Crippen LogP contribution in [0.15, 0.2) is 24.3 Å². The first kappa shape index (κ1) is 28.7. The molecule has 0 atom stereocenters. The number of hydrogen-bond donors (Lipinski definition) is 2. The molecule has 2 N–H and O–H groups in total. The zero-order valence-corrected chi connectivity index (χ0v) is 21.4. The van der Waals surface area contributed by atoms with Gasteiger partial charge < -0.3 is 29.7 Å². The monoisotopic (exact) mass is 547 g/mol. The smallest absolute Gasteiger partial charge is 0.353 e. The minimum Gasteiger partial charge on any atom is -0.616 e. The Morgan fingerprint density at radius 2 is 1.77 bits per heavy atom. The second-order valence-electron chi connectivity index (χ2n) is 7.54. The summed E-state index contributed by atoms with van der Waals surface area (Å²) in [6.45, 7) is 3.57. The Labute approximate surface area is 218 Å². The molecule has 0 spiro atoms. The number of carbonyl (C=O) groups excluding carboxylic acids is 1. The number of nitrogens with zero attached hydrogens (tertiary/aromatic N) is 5. The van der Waals surface area contributed by atoms with Crippen molar-refractivity contribution in [2.24, 2.45) is 0 Å². The summed E-state index contributed by atoms with van der Waals surface area (Å²) in [5.74, 6) is 0.786. The van der Waals surface area contributed by atoms with Crippen LogP contribution in [-0.4, -0.2) is 83.3 Å². The van der Waals surface area contributed by atoms with Crippen LogP contribution < -0.4 is 20.4 Å². The lowest BCUT2D eigenvalue weighted by Crippen LogP contribution is -2.45. The van der Waals surface area contributed by atoms with Crippen molar-refractivity contribution in [1.29, 1.82) is 0 Å². The van der Waals surface area contributed by atoms with Gasteiger partial charge in [0.25, 0.3) is 0 Å². The molecule has 4 rings (SSSR count). The summed E-state index contributed by atoms with van der Waals surface area (Å²) in [4.78, 5) is 36.7. The highest BCUT2D eigenvalue weighted by Gasteiger charge is 2.33. The Morgan fingerprint density at radius 1 is 1.11 bits per heavy atom. The third-order valence-electron chi connectivity index (χ3n) is 5.50.